The number of hydrogen-bond donors (Lipinski definition) is 3. The molecule has 0 radical (unpaired) electrons. The molecule has 0 saturated carbocycles. The summed E-state index contributed by atoms with van der Waals surface area (Å²) in [5.41, 5.74) is 2.95. The van der Waals surface area contributed by atoms with Gasteiger partial charge in [-0.15, -0.1) is 0 Å². The SMILES string of the molecule is O=c1[nH]ccn1-c1ccc(-c2nc3nc(O[C@@H]4COC5C4OC[C@H]5O)[nH]c3cc2Cl)cc1. The Morgan fingerprint density at radius 2 is 1.97 bits per heavy atom. The number of nitrogens with zero attached hydrogens (tertiary/aromatic N) is 3. The average Bonchev–Trinajstić information content (AvgIpc) is 3.55. The van der Waals surface area contributed by atoms with E-state index in [4.69, 9.17) is 25.8 Å². The van der Waals surface area contributed by atoms with Gasteiger partial charge in [-0.25, -0.2) is 9.78 Å². The van der Waals surface area contributed by atoms with E-state index in [-0.39, 0.29) is 36.6 Å². The number of pyridine rings is 1. The Hall–Kier alpha value is -3.18. The van der Waals surface area contributed by atoms with E-state index in [0.29, 0.717) is 28.5 Å². The molecule has 32 heavy (non-hydrogen) atoms. The standard InChI is InChI=1S/C21H18ClN5O5/c22-12-7-13-19(26-20(24-13)32-15-9-31-17-14(28)8-30-18(15)17)25-16(12)10-1-3-11(4-2-10)27-6-5-23-21(27)29/h1-7,14-15,17-18,28H,8-9H2,(H,23,29)(H,24,25,26)/t14-,15-,17?,18?/m1/s1. The van der Waals surface area contributed by atoms with E-state index in [0.717, 1.165) is 11.3 Å². The van der Waals surface area contributed by atoms with Gasteiger partial charge < -0.3 is 29.3 Å². The lowest BCUT2D eigenvalue weighted by molar-refractivity contribution is 0.00706. The van der Waals surface area contributed by atoms with E-state index < -0.39 is 6.10 Å². The van der Waals surface area contributed by atoms with Crippen LogP contribution in [-0.2, 0) is 9.47 Å². The molecule has 4 aromatic rings. The molecule has 2 aliphatic rings. The predicted molar refractivity (Wildman–Crippen MR) is 114 cm³/mol. The molecule has 10 nitrogen and oxygen atoms in total. The fourth-order valence-electron chi connectivity index (χ4n) is 4.15. The van der Waals surface area contributed by atoms with E-state index in [9.17, 15) is 9.90 Å². The van der Waals surface area contributed by atoms with Crippen molar-refractivity contribution in [1.82, 2.24) is 24.5 Å². The van der Waals surface area contributed by atoms with Crippen LogP contribution in [0, 0.1) is 0 Å². The number of halogens is 1. The maximum atomic E-state index is 11.8. The summed E-state index contributed by atoms with van der Waals surface area (Å²) in [6.45, 7) is 0.535. The summed E-state index contributed by atoms with van der Waals surface area (Å²) in [6.07, 6.45) is 1.50. The molecule has 3 N–H and O–H groups in total. The van der Waals surface area contributed by atoms with Crippen molar-refractivity contribution in [2.24, 2.45) is 0 Å². The van der Waals surface area contributed by atoms with Gasteiger partial charge in [-0.2, -0.15) is 4.98 Å². The Kier molecular flexibility index (Phi) is 4.54. The predicted octanol–water partition coefficient (Wildman–Crippen LogP) is 1.66. The summed E-state index contributed by atoms with van der Waals surface area (Å²) in [7, 11) is 0. The first-order valence-corrected chi connectivity index (χ1v) is 10.5. The second-order valence-electron chi connectivity index (χ2n) is 7.73. The third-order valence-corrected chi connectivity index (χ3v) is 6.01. The van der Waals surface area contributed by atoms with Gasteiger partial charge >= 0.3 is 5.69 Å². The van der Waals surface area contributed by atoms with Crippen molar-refractivity contribution in [2.45, 2.75) is 24.4 Å². The molecule has 0 spiro atoms. The molecule has 4 atom stereocenters. The summed E-state index contributed by atoms with van der Waals surface area (Å²) in [5, 5.41) is 10.3. The van der Waals surface area contributed by atoms with Crippen LogP contribution >= 0.6 is 11.6 Å². The van der Waals surface area contributed by atoms with Crippen molar-refractivity contribution >= 4 is 22.8 Å². The van der Waals surface area contributed by atoms with Gasteiger partial charge in [0.15, 0.2) is 11.8 Å². The number of aromatic amines is 2. The molecule has 3 aromatic heterocycles. The van der Waals surface area contributed by atoms with Crippen molar-refractivity contribution in [1.29, 1.82) is 0 Å². The van der Waals surface area contributed by atoms with E-state index in [1.807, 2.05) is 24.3 Å². The number of ether oxygens (including phenoxy) is 3. The molecular weight excluding hydrogens is 438 g/mol. The van der Waals surface area contributed by atoms with Gasteiger partial charge in [0.1, 0.15) is 18.3 Å². The molecule has 2 fully saturated rings. The Labute approximate surface area is 185 Å². The van der Waals surface area contributed by atoms with Crippen molar-refractivity contribution in [2.75, 3.05) is 13.2 Å². The van der Waals surface area contributed by atoms with Crippen LogP contribution in [-0.4, -0.2) is 67.2 Å². The number of H-pyrrole nitrogens is 2. The highest BCUT2D eigenvalue weighted by molar-refractivity contribution is 6.33. The fraction of sp³-hybridized carbons (Fsp3) is 0.286. The van der Waals surface area contributed by atoms with Crippen molar-refractivity contribution < 1.29 is 19.3 Å². The molecule has 0 bridgehead atoms. The minimum atomic E-state index is -0.644. The molecule has 164 valence electrons. The molecule has 1 aromatic carbocycles. The number of aliphatic hydroxyl groups excluding tert-OH is 1. The molecule has 11 heteroatoms. The van der Waals surface area contributed by atoms with Gasteiger partial charge in [-0.05, 0) is 18.2 Å². The Morgan fingerprint density at radius 3 is 2.75 bits per heavy atom. The highest BCUT2D eigenvalue weighted by atomic mass is 35.5. The largest absolute Gasteiger partial charge is 0.456 e. The summed E-state index contributed by atoms with van der Waals surface area (Å²) >= 11 is 6.49. The molecular formula is C21H18ClN5O5. The van der Waals surface area contributed by atoms with Crippen LogP contribution in [0.2, 0.25) is 5.02 Å². The Bertz CT molecular complexity index is 1350. The van der Waals surface area contributed by atoms with E-state index in [1.54, 1.807) is 18.5 Å². The quantitative estimate of drug-likeness (QED) is 0.427. The lowest BCUT2D eigenvalue weighted by Crippen LogP contribution is -2.34. The number of rotatable bonds is 4. The normalized spacial score (nSPS) is 24.8. The first kappa shape index (κ1) is 19.5. The second-order valence-corrected chi connectivity index (χ2v) is 8.14. The second kappa shape index (κ2) is 7.45. The minimum Gasteiger partial charge on any atom is -0.456 e. The number of nitrogens with one attached hydrogen (secondary N) is 2. The fourth-order valence-corrected chi connectivity index (χ4v) is 4.41. The van der Waals surface area contributed by atoms with Crippen molar-refractivity contribution in [3.8, 4) is 23.0 Å². The van der Waals surface area contributed by atoms with Crippen LogP contribution in [0.1, 0.15) is 0 Å². The first-order chi connectivity index (χ1) is 15.6. The van der Waals surface area contributed by atoms with Crippen LogP contribution in [0.25, 0.3) is 28.1 Å². The van der Waals surface area contributed by atoms with Gasteiger partial charge in [0, 0.05) is 18.0 Å². The number of aromatic nitrogens is 5. The lowest BCUT2D eigenvalue weighted by Gasteiger charge is -2.15. The van der Waals surface area contributed by atoms with Crippen molar-refractivity contribution in [3.05, 3.63) is 58.2 Å². The summed E-state index contributed by atoms with van der Waals surface area (Å²) in [6, 6.07) is 9.35. The van der Waals surface area contributed by atoms with E-state index in [1.165, 1.54) is 4.57 Å². The number of aliphatic hydroxyl groups is 1. The smallest absolute Gasteiger partial charge is 0.330 e. The third-order valence-electron chi connectivity index (χ3n) is 5.72. The Balaban J connectivity index is 1.27. The molecule has 5 heterocycles. The maximum Gasteiger partial charge on any atom is 0.330 e. The van der Waals surface area contributed by atoms with Gasteiger partial charge in [0.2, 0.25) is 0 Å². The number of benzene rings is 1. The highest BCUT2D eigenvalue weighted by Crippen LogP contribution is 2.32. The van der Waals surface area contributed by atoms with Crippen LogP contribution in [0.4, 0.5) is 0 Å². The maximum absolute atomic E-state index is 11.8. The minimum absolute atomic E-state index is 0.212. The molecule has 2 unspecified atom stereocenters. The van der Waals surface area contributed by atoms with Crippen LogP contribution in [0.5, 0.6) is 6.01 Å². The van der Waals surface area contributed by atoms with Crippen molar-refractivity contribution in [3.63, 3.8) is 0 Å². The molecule has 6 rings (SSSR count). The van der Waals surface area contributed by atoms with Crippen LogP contribution in [0.15, 0.2) is 47.5 Å². The molecule has 2 aliphatic heterocycles. The van der Waals surface area contributed by atoms with Crippen LogP contribution in [0.3, 0.4) is 0 Å². The topological polar surface area (TPSA) is 127 Å². The number of imidazole rings is 2. The van der Waals surface area contributed by atoms with Crippen LogP contribution < -0.4 is 10.4 Å². The van der Waals surface area contributed by atoms with Gasteiger partial charge in [0.05, 0.1) is 35.1 Å². The highest BCUT2D eigenvalue weighted by Gasteiger charge is 2.48. The van der Waals surface area contributed by atoms with E-state index >= 15 is 0 Å². The first-order valence-electron chi connectivity index (χ1n) is 10.1. The van der Waals surface area contributed by atoms with E-state index in [2.05, 4.69) is 19.9 Å². The summed E-state index contributed by atoms with van der Waals surface area (Å²) < 4.78 is 18.6. The van der Waals surface area contributed by atoms with Gasteiger partial charge in [0.25, 0.3) is 6.01 Å². The zero-order valence-electron chi connectivity index (χ0n) is 16.6. The zero-order valence-corrected chi connectivity index (χ0v) is 17.3. The average molecular weight is 456 g/mol. The van der Waals surface area contributed by atoms with Gasteiger partial charge in [-0.3, -0.25) is 4.57 Å². The monoisotopic (exact) mass is 455 g/mol. The number of hydrogen-bond acceptors (Lipinski definition) is 7. The van der Waals surface area contributed by atoms with Gasteiger partial charge in [-0.1, -0.05) is 23.7 Å². The number of fused-ring (bicyclic) bond motifs is 2. The molecule has 0 aliphatic carbocycles. The summed E-state index contributed by atoms with van der Waals surface area (Å²) in [4.78, 5) is 26.5. The summed E-state index contributed by atoms with van der Waals surface area (Å²) in [5.74, 6) is 0. The molecule has 0 amide bonds. The third kappa shape index (κ3) is 3.19. The Morgan fingerprint density at radius 1 is 1.16 bits per heavy atom. The lowest BCUT2D eigenvalue weighted by atomic mass is 10.1. The molecule has 2 saturated heterocycles. The zero-order chi connectivity index (χ0) is 21.8.